The first-order valence-corrected chi connectivity index (χ1v) is 8.20. The van der Waals surface area contributed by atoms with E-state index < -0.39 is 10.0 Å². The number of hydrogen-bond donors (Lipinski definition) is 1. The lowest BCUT2D eigenvalue weighted by molar-refractivity contribution is 0.466. The maximum atomic E-state index is 12.5. The van der Waals surface area contributed by atoms with Crippen molar-refractivity contribution in [1.29, 1.82) is 0 Å². The van der Waals surface area contributed by atoms with Gasteiger partial charge in [-0.2, -0.15) is 4.31 Å². The Morgan fingerprint density at radius 2 is 1.85 bits per heavy atom. The molecule has 106 valence electrons. The lowest BCUT2D eigenvalue weighted by Crippen LogP contribution is -2.26. The Hall–Kier alpha value is -1.37. The molecule has 0 heterocycles. The highest BCUT2D eigenvalue weighted by Gasteiger charge is 2.23. The summed E-state index contributed by atoms with van der Waals surface area (Å²) >= 11 is 3.27. The van der Waals surface area contributed by atoms with Crippen molar-refractivity contribution in [3.63, 3.8) is 0 Å². The maximum absolute atomic E-state index is 12.5. The molecule has 0 saturated heterocycles. The first-order valence-electron chi connectivity index (χ1n) is 5.96. The minimum Gasteiger partial charge on any atom is -0.399 e. The molecule has 2 rings (SSSR count). The highest BCUT2D eigenvalue weighted by molar-refractivity contribution is 9.10. The topological polar surface area (TPSA) is 63.4 Å². The third-order valence-corrected chi connectivity index (χ3v) is 5.70. The normalized spacial score (nSPS) is 11.8. The molecule has 0 aliphatic rings. The molecule has 0 unspecified atom stereocenters. The Bertz CT molecular complexity index is 717. The van der Waals surface area contributed by atoms with E-state index in [-0.39, 0.29) is 11.4 Å². The van der Waals surface area contributed by atoms with E-state index in [1.807, 2.05) is 12.1 Å². The van der Waals surface area contributed by atoms with Crippen molar-refractivity contribution in [1.82, 2.24) is 4.31 Å². The number of nitrogen functional groups attached to an aromatic ring is 1. The fraction of sp³-hybridized carbons (Fsp3) is 0.143. The molecule has 20 heavy (non-hydrogen) atoms. The summed E-state index contributed by atoms with van der Waals surface area (Å²) in [6, 6.07) is 14.0. The SMILES string of the molecule is CN(Cc1cccc(N)c1)S(=O)(=O)c1ccccc1Br. The van der Waals surface area contributed by atoms with Gasteiger partial charge in [-0.1, -0.05) is 24.3 Å². The quantitative estimate of drug-likeness (QED) is 0.858. The van der Waals surface area contributed by atoms with E-state index in [0.717, 1.165) is 5.56 Å². The van der Waals surface area contributed by atoms with E-state index in [1.54, 1.807) is 43.4 Å². The van der Waals surface area contributed by atoms with Gasteiger partial charge in [0.25, 0.3) is 0 Å². The van der Waals surface area contributed by atoms with E-state index in [9.17, 15) is 8.42 Å². The van der Waals surface area contributed by atoms with Gasteiger partial charge in [0.15, 0.2) is 0 Å². The second-order valence-corrected chi connectivity index (χ2v) is 7.30. The third-order valence-electron chi connectivity index (χ3n) is 2.88. The van der Waals surface area contributed by atoms with Gasteiger partial charge in [0.05, 0.1) is 4.90 Å². The highest BCUT2D eigenvalue weighted by Crippen LogP contribution is 2.25. The van der Waals surface area contributed by atoms with Gasteiger partial charge in [-0.05, 0) is 45.8 Å². The van der Waals surface area contributed by atoms with Gasteiger partial charge >= 0.3 is 0 Å². The van der Waals surface area contributed by atoms with Crippen LogP contribution in [0, 0.1) is 0 Å². The average Bonchev–Trinajstić information content (AvgIpc) is 2.39. The number of nitrogens with zero attached hydrogens (tertiary/aromatic N) is 1. The monoisotopic (exact) mass is 354 g/mol. The summed E-state index contributed by atoms with van der Waals surface area (Å²) in [4.78, 5) is 0.256. The molecule has 0 bridgehead atoms. The lowest BCUT2D eigenvalue weighted by Gasteiger charge is -2.18. The zero-order valence-corrected chi connectivity index (χ0v) is 13.4. The Morgan fingerprint density at radius 1 is 1.15 bits per heavy atom. The van der Waals surface area contributed by atoms with Crippen LogP contribution in [0.3, 0.4) is 0 Å². The average molecular weight is 355 g/mol. The number of benzene rings is 2. The molecule has 6 heteroatoms. The van der Waals surface area contributed by atoms with Gasteiger partial charge in [-0.25, -0.2) is 8.42 Å². The van der Waals surface area contributed by atoms with E-state index in [1.165, 1.54) is 4.31 Å². The molecule has 0 saturated carbocycles. The van der Waals surface area contributed by atoms with Crippen molar-refractivity contribution < 1.29 is 8.42 Å². The number of anilines is 1. The number of hydrogen-bond acceptors (Lipinski definition) is 3. The van der Waals surface area contributed by atoms with Gasteiger partial charge in [-0.3, -0.25) is 0 Å². The summed E-state index contributed by atoms with van der Waals surface area (Å²) in [6.07, 6.45) is 0. The Morgan fingerprint density at radius 3 is 2.50 bits per heavy atom. The summed E-state index contributed by atoms with van der Waals surface area (Å²) < 4.78 is 26.9. The predicted molar refractivity (Wildman–Crippen MR) is 83.6 cm³/mol. The van der Waals surface area contributed by atoms with Crippen molar-refractivity contribution in [2.24, 2.45) is 0 Å². The first kappa shape index (κ1) is 15.0. The molecule has 0 spiro atoms. The van der Waals surface area contributed by atoms with Gasteiger partial charge in [0, 0.05) is 23.8 Å². The van der Waals surface area contributed by atoms with Crippen LogP contribution in [0.2, 0.25) is 0 Å². The van der Waals surface area contributed by atoms with Crippen LogP contribution in [0.4, 0.5) is 5.69 Å². The fourth-order valence-electron chi connectivity index (χ4n) is 1.86. The van der Waals surface area contributed by atoms with Crippen molar-refractivity contribution in [2.75, 3.05) is 12.8 Å². The summed E-state index contributed by atoms with van der Waals surface area (Å²) in [5, 5.41) is 0. The number of sulfonamides is 1. The Balaban J connectivity index is 2.29. The smallest absolute Gasteiger partial charge is 0.244 e. The van der Waals surface area contributed by atoms with E-state index >= 15 is 0 Å². The van der Waals surface area contributed by atoms with Crippen molar-refractivity contribution in [3.8, 4) is 0 Å². The van der Waals surface area contributed by atoms with Crippen LogP contribution < -0.4 is 5.73 Å². The summed E-state index contributed by atoms with van der Waals surface area (Å²) in [5.74, 6) is 0. The first-order chi connectivity index (χ1) is 9.41. The molecule has 0 atom stereocenters. The van der Waals surface area contributed by atoms with Crippen LogP contribution in [0.1, 0.15) is 5.56 Å². The maximum Gasteiger partial charge on any atom is 0.244 e. The minimum atomic E-state index is -3.54. The minimum absolute atomic E-state index is 0.256. The Kier molecular flexibility index (Phi) is 4.47. The van der Waals surface area contributed by atoms with Crippen molar-refractivity contribution in [3.05, 3.63) is 58.6 Å². The molecule has 0 aliphatic carbocycles. The van der Waals surface area contributed by atoms with Crippen molar-refractivity contribution >= 4 is 31.6 Å². The molecule has 2 aromatic rings. The molecule has 4 nitrogen and oxygen atoms in total. The third kappa shape index (κ3) is 3.20. The predicted octanol–water partition coefficient (Wildman–Crippen LogP) is 2.85. The highest BCUT2D eigenvalue weighted by atomic mass is 79.9. The number of halogens is 1. The molecule has 0 aromatic heterocycles. The molecular weight excluding hydrogens is 340 g/mol. The summed E-state index contributed by atoms with van der Waals surface area (Å²) in [6.45, 7) is 0.273. The van der Waals surface area contributed by atoms with Crippen LogP contribution in [0.25, 0.3) is 0 Å². The molecule has 0 amide bonds. The van der Waals surface area contributed by atoms with Crippen molar-refractivity contribution in [2.45, 2.75) is 11.4 Å². The zero-order chi connectivity index (χ0) is 14.8. The number of nitrogens with two attached hydrogens (primary N) is 1. The van der Waals surface area contributed by atoms with Gasteiger partial charge < -0.3 is 5.73 Å². The van der Waals surface area contributed by atoms with E-state index in [2.05, 4.69) is 15.9 Å². The van der Waals surface area contributed by atoms with Gasteiger partial charge in [0.1, 0.15) is 0 Å². The fourth-order valence-corrected chi connectivity index (χ4v) is 3.97. The number of rotatable bonds is 4. The van der Waals surface area contributed by atoms with Gasteiger partial charge in [0.2, 0.25) is 10.0 Å². The zero-order valence-electron chi connectivity index (χ0n) is 11.0. The van der Waals surface area contributed by atoms with E-state index in [0.29, 0.717) is 10.2 Å². The molecule has 0 fully saturated rings. The molecule has 0 radical (unpaired) electrons. The van der Waals surface area contributed by atoms with E-state index in [4.69, 9.17) is 5.73 Å². The standard InChI is InChI=1S/C14H15BrN2O2S/c1-17(10-11-5-4-6-12(16)9-11)20(18,19)14-8-3-2-7-13(14)15/h2-9H,10,16H2,1H3. The summed E-state index contributed by atoms with van der Waals surface area (Å²) in [7, 11) is -1.98. The molecule has 0 aliphatic heterocycles. The van der Waals surface area contributed by atoms with Crippen LogP contribution >= 0.6 is 15.9 Å². The van der Waals surface area contributed by atoms with Crippen LogP contribution in [0.15, 0.2) is 57.9 Å². The van der Waals surface area contributed by atoms with Crippen LogP contribution in [0.5, 0.6) is 0 Å². The molecule has 2 aromatic carbocycles. The largest absolute Gasteiger partial charge is 0.399 e. The van der Waals surface area contributed by atoms with Crippen LogP contribution in [-0.4, -0.2) is 19.8 Å². The van der Waals surface area contributed by atoms with Gasteiger partial charge in [-0.15, -0.1) is 0 Å². The molecular formula is C14H15BrN2O2S. The van der Waals surface area contributed by atoms with Crippen LogP contribution in [-0.2, 0) is 16.6 Å². The summed E-state index contributed by atoms with van der Waals surface area (Å²) in [5.41, 5.74) is 7.17. The lowest BCUT2D eigenvalue weighted by atomic mass is 10.2. The molecule has 2 N–H and O–H groups in total. The Labute approximate surface area is 127 Å². The second kappa shape index (κ2) is 5.95. The second-order valence-electron chi connectivity index (χ2n) is 4.44.